The minimum Gasteiger partial charge on any atom is -0.396 e. The van der Waals surface area contributed by atoms with E-state index in [0.29, 0.717) is 13.0 Å². The summed E-state index contributed by atoms with van der Waals surface area (Å²) in [5, 5.41) is 8.68. The molecule has 3 heteroatoms. The van der Waals surface area contributed by atoms with Crippen LogP contribution in [-0.4, -0.2) is 30.7 Å². The van der Waals surface area contributed by atoms with Gasteiger partial charge in [0.1, 0.15) is 0 Å². The summed E-state index contributed by atoms with van der Waals surface area (Å²) in [6.45, 7) is 7.03. The van der Waals surface area contributed by atoms with Crippen molar-refractivity contribution in [1.29, 1.82) is 0 Å². The summed E-state index contributed by atoms with van der Waals surface area (Å²) < 4.78 is 11.0. The van der Waals surface area contributed by atoms with Gasteiger partial charge in [-0.3, -0.25) is 0 Å². The van der Waals surface area contributed by atoms with Crippen molar-refractivity contribution in [3.05, 3.63) is 0 Å². The summed E-state index contributed by atoms with van der Waals surface area (Å²) in [5.74, 6) is 0. The van der Waals surface area contributed by atoms with Crippen LogP contribution in [0.1, 0.15) is 27.2 Å². The first-order valence-electron chi connectivity index (χ1n) is 4.42. The van der Waals surface area contributed by atoms with Crippen LogP contribution in [0.15, 0.2) is 0 Å². The van der Waals surface area contributed by atoms with Crippen LogP contribution in [0.4, 0.5) is 0 Å². The summed E-state index contributed by atoms with van der Waals surface area (Å²) in [6.07, 6.45) is 0.639. The van der Waals surface area contributed by atoms with E-state index in [0.717, 1.165) is 0 Å². The van der Waals surface area contributed by atoms with Crippen LogP contribution in [0.2, 0.25) is 0 Å². The van der Waals surface area contributed by atoms with E-state index < -0.39 is 0 Å². The SMILES string of the molecule is CC(C)(C)[C@H]1OC[C@H](CCO)O1. The molecule has 0 aliphatic carbocycles. The van der Waals surface area contributed by atoms with Crippen molar-refractivity contribution in [3.63, 3.8) is 0 Å². The topological polar surface area (TPSA) is 38.7 Å². The molecule has 0 aromatic rings. The second-order valence-electron chi connectivity index (χ2n) is 4.30. The quantitative estimate of drug-likeness (QED) is 0.682. The average molecular weight is 174 g/mol. The standard InChI is InChI=1S/C9H18O3/c1-9(2,3)8-11-6-7(12-8)4-5-10/h7-8,10H,4-6H2,1-3H3/t7-,8-/m0/s1. The molecule has 1 saturated heterocycles. The van der Waals surface area contributed by atoms with Gasteiger partial charge in [-0.25, -0.2) is 0 Å². The smallest absolute Gasteiger partial charge is 0.162 e. The van der Waals surface area contributed by atoms with Crippen molar-refractivity contribution in [1.82, 2.24) is 0 Å². The third-order valence-electron chi connectivity index (χ3n) is 1.91. The molecule has 12 heavy (non-hydrogen) atoms. The van der Waals surface area contributed by atoms with Crippen LogP contribution in [0.5, 0.6) is 0 Å². The first kappa shape index (κ1) is 9.96. The minimum absolute atomic E-state index is 0.0320. The molecule has 2 atom stereocenters. The molecule has 1 aliphatic heterocycles. The molecule has 0 saturated carbocycles. The predicted molar refractivity (Wildman–Crippen MR) is 45.8 cm³/mol. The first-order chi connectivity index (χ1) is 5.54. The average Bonchev–Trinajstić information content (AvgIpc) is 2.35. The normalized spacial score (nSPS) is 31.0. The number of ether oxygens (including phenoxy) is 2. The molecule has 0 amide bonds. The highest BCUT2D eigenvalue weighted by Crippen LogP contribution is 2.29. The highest BCUT2D eigenvalue weighted by atomic mass is 16.7. The maximum atomic E-state index is 8.68. The second kappa shape index (κ2) is 3.73. The highest BCUT2D eigenvalue weighted by Gasteiger charge is 2.34. The van der Waals surface area contributed by atoms with Gasteiger partial charge in [0.05, 0.1) is 12.7 Å². The maximum Gasteiger partial charge on any atom is 0.162 e. The van der Waals surface area contributed by atoms with E-state index >= 15 is 0 Å². The van der Waals surface area contributed by atoms with Crippen LogP contribution in [-0.2, 0) is 9.47 Å². The Labute approximate surface area is 73.7 Å². The Morgan fingerprint density at radius 1 is 1.42 bits per heavy atom. The molecular formula is C9H18O3. The fourth-order valence-corrected chi connectivity index (χ4v) is 1.20. The Balaban J connectivity index is 2.35. The van der Waals surface area contributed by atoms with Gasteiger partial charge in [0.15, 0.2) is 6.29 Å². The molecule has 1 heterocycles. The number of hydrogen-bond donors (Lipinski definition) is 1. The number of aliphatic hydroxyl groups excluding tert-OH is 1. The van der Waals surface area contributed by atoms with Gasteiger partial charge >= 0.3 is 0 Å². The van der Waals surface area contributed by atoms with Gasteiger partial charge in [-0.1, -0.05) is 20.8 Å². The van der Waals surface area contributed by atoms with Crippen molar-refractivity contribution < 1.29 is 14.6 Å². The monoisotopic (exact) mass is 174 g/mol. The molecule has 1 fully saturated rings. The van der Waals surface area contributed by atoms with E-state index in [1.54, 1.807) is 0 Å². The Morgan fingerprint density at radius 2 is 2.08 bits per heavy atom. The molecule has 0 spiro atoms. The zero-order valence-corrected chi connectivity index (χ0v) is 8.04. The molecule has 0 unspecified atom stereocenters. The predicted octanol–water partition coefficient (Wildman–Crippen LogP) is 1.16. The molecule has 1 N–H and O–H groups in total. The molecule has 72 valence electrons. The molecule has 0 aromatic carbocycles. The molecule has 1 aliphatic rings. The first-order valence-corrected chi connectivity index (χ1v) is 4.42. The van der Waals surface area contributed by atoms with Crippen molar-refractivity contribution in [2.45, 2.75) is 39.6 Å². The summed E-state index contributed by atoms with van der Waals surface area (Å²) >= 11 is 0. The van der Waals surface area contributed by atoms with Crippen LogP contribution >= 0.6 is 0 Å². The van der Waals surface area contributed by atoms with Crippen LogP contribution in [0, 0.1) is 5.41 Å². The van der Waals surface area contributed by atoms with Gasteiger partial charge in [0.2, 0.25) is 0 Å². The van der Waals surface area contributed by atoms with E-state index in [4.69, 9.17) is 14.6 Å². The van der Waals surface area contributed by atoms with E-state index in [1.807, 2.05) is 0 Å². The minimum atomic E-state index is -0.117. The molecule has 1 rings (SSSR count). The number of rotatable bonds is 2. The van der Waals surface area contributed by atoms with E-state index in [-0.39, 0.29) is 24.4 Å². The lowest BCUT2D eigenvalue weighted by Crippen LogP contribution is -2.27. The summed E-state index contributed by atoms with van der Waals surface area (Å²) in [4.78, 5) is 0. The van der Waals surface area contributed by atoms with Gasteiger partial charge in [-0.05, 0) is 6.42 Å². The van der Waals surface area contributed by atoms with Gasteiger partial charge in [-0.15, -0.1) is 0 Å². The van der Waals surface area contributed by atoms with E-state index in [9.17, 15) is 0 Å². The Bertz CT molecular complexity index is 139. The fraction of sp³-hybridized carbons (Fsp3) is 1.00. The third kappa shape index (κ3) is 2.44. The summed E-state index contributed by atoms with van der Waals surface area (Å²) in [5.41, 5.74) is 0.0320. The Kier molecular flexibility index (Phi) is 3.09. The summed E-state index contributed by atoms with van der Waals surface area (Å²) in [6, 6.07) is 0. The van der Waals surface area contributed by atoms with Crippen molar-refractivity contribution in [2.75, 3.05) is 13.2 Å². The zero-order valence-electron chi connectivity index (χ0n) is 8.04. The molecule has 0 radical (unpaired) electrons. The number of aliphatic hydroxyl groups is 1. The van der Waals surface area contributed by atoms with Gasteiger partial charge in [0.25, 0.3) is 0 Å². The molecule has 0 bridgehead atoms. The Morgan fingerprint density at radius 3 is 2.50 bits per heavy atom. The number of hydrogen-bond acceptors (Lipinski definition) is 3. The van der Waals surface area contributed by atoms with Crippen LogP contribution in [0.25, 0.3) is 0 Å². The van der Waals surface area contributed by atoms with Crippen LogP contribution < -0.4 is 0 Å². The maximum absolute atomic E-state index is 8.68. The largest absolute Gasteiger partial charge is 0.396 e. The van der Waals surface area contributed by atoms with Crippen LogP contribution in [0.3, 0.4) is 0 Å². The lowest BCUT2D eigenvalue weighted by atomic mass is 9.96. The van der Waals surface area contributed by atoms with E-state index in [1.165, 1.54) is 0 Å². The molecule has 0 aromatic heterocycles. The van der Waals surface area contributed by atoms with Gasteiger partial charge in [-0.2, -0.15) is 0 Å². The second-order valence-corrected chi connectivity index (χ2v) is 4.30. The highest BCUT2D eigenvalue weighted by molar-refractivity contribution is 4.74. The third-order valence-corrected chi connectivity index (χ3v) is 1.91. The van der Waals surface area contributed by atoms with Crippen molar-refractivity contribution >= 4 is 0 Å². The molecule has 3 nitrogen and oxygen atoms in total. The Hall–Kier alpha value is -0.120. The summed E-state index contributed by atoms with van der Waals surface area (Å²) in [7, 11) is 0. The van der Waals surface area contributed by atoms with Gasteiger partial charge < -0.3 is 14.6 Å². The van der Waals surface area contributed by atoms with Crippen molar-refractivity contribution in [2.24, 2.45) is 5.41 Å². The molecular weight excluding hydrogens is 156 g/mol. The van der Waals surface area contributed by atoms with E-state index in [2.05, 4.69) is 20.8 Å². The fourth-order valence-electron chi connectivity index (χ4n) is 1.20. The lowest BCUT2D eigenvalue weighted by Gasteiger charge is -2.25. The zero-order chi connectivity index (χ0) is 9.19. The van der Waals surface area contributed by atoms with Crippen molar-refractivity contribution in [3.8, 4) is 0 Å². The van der Waals surface area contributed by atoms with Gasteiger partial charge in [0, 0.05) is 12.0 Å². The lowest BCUT2D eigenvalue weighted by molar-refractivity contribution is -0.125.